The molecule has 3 amide bonds. The Kier molecular flexibility index (Phi) is 30.2. The zero-order valence-corrected chi connectivity index (χ0v) is 59.2. The molecule has 0 saturated carbocycles. The van der Waals surface area contributed by atoms with E-state index in [0.717, 1.165) is 50.2 Å². The topological polar surface area (TPSA) is 547 Å². The molecule has 7 rings (SSSR count). The molecule has 26 atom stereocenters. The van der Waals surface area contributed by atoms with Gasteiger partial charge >= 0.3 is 12.1 Å². The van der Waals surface area contributed by atoms with E-state index in [4.69, 9.17) is 77.4 Å². The number of amides is 3. The minimum Gasteiger partial charge on any atom is -0.634 e. The third-order valence-electron chi connectivity index (χ3n) is 18.8. The van der Waals surface area contributed by atoms with E-state index in [1.807, 2.05) is 0 Å². The zero-order chi connectivity index (χ0) is 75.6. The Morgan fingerprint density at radius 3 is 2.07 bits per heavy atom. The van der Waals surface area contributed by atoms with E-state index in [1.54, 1.807) is 13.0 Å². The van der Waals surface area contributed by atoms with Gasteiger partial charge in [0.1, 0.15) is 84.7 Å². The number of ketones is 1. The third kappa shape index (κ3) is 21.7. The van der Waals surface area contributed by atoms with Crippen molar-refractivity contribution in [3.63, 3.8) is 0 Å². The van der Waals surface area contributed by atoms with Crippen molar-refractivity contribution >= 4 is 37.8 Å². The fourth-order valence-electron chi connectivity index (χ4n) is 12.4. The standard InChI is InChI=1S/C66H102N3O32P/c1-29(2)14-13-16-30(3)17-18-32(5)21-24-65(8,9)23-12-11-15-31(4)22-25-88-39(57(82)83)28-90-102(86,87)101-63-52(53(99-64(68)84)66(10,85)54(98-63)55(67)80)97-58-33(6)41(73)48-38(92-58)27-89-60-47(79)49(43(75)37(26-70)91-60)94-62-51(42(74)34(7)59(93-48)100-62)96-61-46(78)44(76)45(77)50(95-61)56(81)69-40-35(71)19-20-36(40)72/h12,14,17,22-23,33-34,37-39,41-54,58-63,70-71,73-79,85H,5,11,13,15-16,18-21,24-28H2,1-4,6-10H3,(H2,67,80)(H2,68,84)(H,69,81)(H,82,83)(H,86,87)/p-1/b23-12+,30-17+,31-22-/t33?,34?,37?,38?,39-,41-,42-,43+,44+,45-,46?,47?,48+,49+,50?,51-,52+,53?,54-,58+,59+,60+,61+,62?,63+,66?/m1/s1. The maximum Gasteiger partial charge on any atom is 0.404 e. The van der Waals surface area contributed by atoms with E-state index < -0.39 is 228 Å². The highest BCUT2D eigenvalue weighted by atomic mass is 31.2. The number of allylic oxidation sites excluding steroid dienone is 10. The van der Waals surface area contributed by atoms with Crippen molar-refractivity contribution in [1.82, 2.24) is 5.32 Å². The lowest BCUT2D eigenvalue weighted by molar-refractivity contribution is -0.424. The number of carboxylic acids is 1. The number of carboxylic acid groups (broad SMARTS) is 1. The number of nitrogens with one attached hydrogen (secondary N) is 1. The minimum atomic E-state index is -5.95. The van der Waals surface area contributed by atoms with Gasteiger partial charge in [-0.1, -0.05) is 86.9 Å². The van der Waals surface area contributed by atoms with E-state index in [1.165, 1.54) is 25.0 Å². The summed E-state index contributed by atoms with van der Waals surface area (Å²) in [4.78, 5) is 91.6. The Labute approximate surface area is 590 Å². The average Bonchev–Trinajstić information content (AvgIpc) is 0.799. The molecular formula is C66H101N3O32P-. The summed E-state index contributed by atoms with van der Waals surface area (Å²) >= 11 is 0. The molecule has 102 heavy (non-hydrogen) atoms. The number of ether oxygens (including phenoxy) is 12. The molecular weight excluding hydrogens is 1380 g/mol. The number of hydrogen-bond acceptors (Lipinski definition) is 31. The van der Waals surface area contributed by atoms with Gasteiger partial charge in [0.05, 0.1) is 32.0 Å². The van der Waals surface area contributed by atoms with Gasteiger partial charge in [-0.25, -0.2) is 14.1 Å². The second-order valence-corrected chi connectivity index (χ2v) is 29.2. The summed E-state index contributed by atoms with van der Waals surface area (Å²) in [6.45, 7) is 16.8. The second kappa shape index (κ2) is 36.6. The first-order chi connectivity index (χ1) is 47.7. The van der Waals surface area contributed by atoms with Crippen LogP contribution in [0.2, 0.25) is 0 Å². The SMILES string of the molecule is C=C(C/C=C(\C)CCC=C(C)C)CCC(C)(C)/C=C/CC/C(C)=C\CO[C@H](CO[P+]([O-])([O-])O[C@@H]1O[C@H](C(N)=O)C(C)(O)C(OC(N)=O)[C@@H]1O[C@@H]1OC2CO[C@H]3OC(CO)[C@H](O)[C@H](OC4O[C@H](O[C@@H]2[C@H](O)C1C)C(C)[C@@H](O)[C@H]4O[C@@H]1OC(C(=O)NC2=C(O)CCC2=O)[C@H](O)[C@H](O)C1O)C3O)C(=O)O. The van der Waals surface area contributed by atoms with Crippen LogP contribution in [0.15, 0.2) is 70.7 Å². The number of nitrogens with two attached hydrogens (primary N) is 2. The number of aliphatic hydroxyl groups excluding tert-OH is 9. The van der Waals surface area contributed by atoms with E-state index in [9.17, 15) is 89.9 Å². The minimum absolute atomic E-state index is 0.114. The number of hydrogen-bond donors (Lipinski definition) is 14. The summed E-state index contributed by atoms with van der Waals surface area (Å²) in [6, 6.07) is 0. The van der Waals surface area contributed by atoms with Crippen LogP contribution in [-0.4, -0.2) is 259 Å². The molecule has 16 N–H and O–H groups in total. The molecule has 1 aliphatic carbocycles. The van der Waals surface area contributed by atoms with Gasteiger partial charge < -0.3 is 140 Å². The molecule has 4 bridgehead atoms. The molecule has 0 aromatic rings. The molecule has 0 aromatic carbocycles. The van der Waals surface area contributed by atoms with E-state index >= 15 is 0 Å². The predicted molar refractivity (Wildman–Crippen MR) is 345 cm³/mol. The largest absolute Gasteiger partial charge is 0.634 e. The van der Waals surface area contributed by atoms with Gasteiger partial charge in [0.15, 0.2) is 67.8 Å². The van der Waals surface area contributed by atoms with E-state index in [-0.39, 0.29) is 24.9 Å². The van der Waals surface area contributed by atoms with Crippen LogP contribution in [-0.2, 0) is 85.1 Å². The van der Waals surface area contributed by atoms with Gasteiger partial charge in [-0.05, 0) is 85.0 Å². The molecule has 6 heterocycles. The number of aliphatic carboxylic acids is 1. The smallest absolute Gasteiger partial charge is 0.404 e. The monoisotopic (exact) mass is 1480 g/mol. The number of phosphoric acid groups is 1. The predicted octanol–water partition coefficient (Wildman–Crippen LogP) is -1.49. The number of fused-ring (bicyclic) bond motifs is 5. The maximum absolute atomic E-state index is 13.9. The Morgan fingerprint density at radius 2 is 1.43 bits per heavy atom. The molecule has 0 radical (unpaired) electrons. The van der Waals surface area contributed by atoms with Crippen LogP contribution >= 0.6 is 8.17 Å². The van der Waals surface area contributed by atoms with Crippen LogP contribution in [0.25, 0.3) is 0 Å². The van der Waals surface area contributed by atoms with Crippen LogP contribution in [0.1, 0.15) is 120 Å². The molecule has 7 aliphatic rings. The Bertz CT molecular complexity index is 3050. The summed E-state index contributed by atoms with van der Waals surface area (Å²) < 4.78 is 81.2. The van der Waals surface area contributed by atoms with Crippen molar-refractivity contribution in [3.8, 4) is 0 Å². The quantitative estimate of drug-likeness (QED) is 0.0288. The van der Waals surface area contributed by atoms with Gasteiger partial charge in [-0.3, -0.25) is 14.4 Å². The number of rotatable bonds is 30. The highest BCUT2D eigenvalue weighted by Gasteiger charge is 2.63. The first-order valence-electron chi connectivity index (χ1n) is 33.7. The summed E-state index contributed by atoms with van der Waals surface area (Å²) in [7, 11) is -5.95. The van der Waals surface area contributed by atoms with Crippen LogP contribution < -0.4 is 26.6 Å². The Balaban J connectivity index is 1.06. The van der Waals surface area contributed by atoms with E-state index in [0.29, 0.717) is 12.8 Å². The van der Waals surface area contributed by atoms with Gasteiger partial charge in [-0.15, -0.1) is 0 Å². The zero-order valence-electron chi connectivity index (χ0n) is 58.3. The molecule has 578 valence electrons. The van der Waals surface area contributed by atoms with Crippen molar-refractivity contribution in [1.29, 1.82) is 0 Å². The van der Waals surface area contributed by atoms with Crippen LogP contribution in [0, 0.1) is 17.3 Å². The summed E-state index contributed by atoms with van der Waals surface area (Å²) in [5.41, 5.74) is 12.2. The normalized spacial score (nSPS) is 37.6. The van der Waals surface area contributed by atoms with E-state index in [2.05, 4.69) is 70.8 Å². The third-order valence-corrected chi connectivity index (χ3v) is 19.7. The molecule has 6 aliphatic heterocycles. The van der Waals surface area contributed by atoms with Gasteiger partial charge in [-0.2, -0.15) is 4.52 Å². The molecule has 10 unspecified atom stereocenters. The molecule has 35 nitrogen and oxygen atoms in total. The second-order valence-electron chi connectivity index (χ2n) is 27.9. The molecule has 0 aromatic heterocycles. The van der Waals surface area contributed by atoms with Gasteiger partial charge in [0.2, 0.25) is 20.4 Å². The summed E-state index contributed by atoms with van der Waals surface area (Å²) in [6.07, 6.45) is -32.9. The molecule has 6 fully saturated rings. The highest BCUT2D eigenvalue weighted by molar-refractivity contribution is 7.51. The fourth-order valence-corrected chi connectivity index (χ4v) is 13.2. The maximum atomic E-state index is 13.9. The van der Waals surface area contributed by atoms with Crippen LogP contribution in [0.5, 0.6) is 0 Å². The lowest BCUT2D eigenvalue weighted by Crippen LogP contribution is -2.71. The lowest BCUT2D eigenvalue weighted by Gasteiger charge is -2.52. The molecule has 0 spiro atoms. The number of phosphoric ester groups is 1. The van der Waals surface area contributed by atoms with Gasteiger partial charge in [0, 0.05) is 24.7 Å². The van der Waals surface area contributed by atoms with Gasteiger partial charge in [0.25, 0.3) is 5.91 Å². The Morgan fingerprint density at radius 1 is 0.765 bits per heavy atom. The summed E-state index contributed by atoms with van der Waals surface area (Å²) in [5.74, 6) is -8.38. The number of carbonyl (C=O) groups is 5. The Hall–Kier alpha value is -4.94. The lowest BCUT2D eigenvalue weighted by atomic mass is 9.84. The van der Waals surface area contributed by atoms with Crippen LogP contribution in [0.3, 0.4) is 0 Å². The number of Topliss-reactive ketones (excluding diaryl/α,β-unsaturated/α-hetero) is 1. The molecule has 36 heteroatoms. The highest BCUT2D eigenvalue weighted by Crippen LogP contribution is 2.49. The average molecular weight is 1480 g/mol. The first-order valence-corrected chi connectivity index (χ1v) is 35.1. The number of carbonyl (C=O) groups excluding carboxylic acids is 4. The molecule has 6 saturated heterocycles. The van der Waals surface area contributed by atoms with Crippen molar-refractivity contribution < 1.29 is 156 Å². The fraction of sp³-hybridized carbons (Fsp3) is 0.742. The number of aliphatic hydroxyl groups is 10. The number of primary amides is 2. The van der Waals surface area contributed by atoms with Crippen molar-refractivity contribution in [3.05, 3.63) is 70.7 Å². The first kappa shape index (κ1) is 84.3. The van der Waals surface area contributed by atoms with Crippen molar-refractivity contribution in [2.45, 2.75) is 267 Å². The van der Waals surface area contributed by atoms with Crippen molar-refractivity contribution in [2.24, 2.45) is 28.7 Å². The summed E-state index contributed by atoms with van der Waals surface area (Å²) in [5, 5.41) is 125. The van der Waals surface area contributed by atoms with Crippen LogP contribution in [0.4, 0.5) is 4.79 Å². The van der Waals surface area contributed by atoms with Crippen molar-refractivity contribution in [2.75, 3.05) is 26.4 Å².